The van der Waals surface area contributed by atoms with Crippen molar-refractivity contribution in [3.63, 3.8) is 0 Å². The van der Waals surface area contributed by atoms with Gasteiger partial charge >= 0.3 is 0 Å². The molecule has 6 heteroatoms. The third kappa shape index (κ3) is 1.71. The predicted molar refractivity (Wildman–Crippen MR) is 64.3 cm³/mol. The van der Waals surface area contributed by atoms with E-state index in [1.54, 1.807) is 40.2 Å². The van der Waals surface area contributed by atoms with Crippen LogP contribution in [0.5, 0.6) is 0 Å². The van der Waals surface area contributed by atoms with Crippen molar-refractivity contribution in [3.05, 3.63) is 27.8 Å². The number of hydrogen-bond donors (Lipinski definition) is 0. The Labute approximate surface area is 98.1 Å². The van der Waals surface area contributed by atoms with E-state index in [2.05, 4.69) is 15.0 Å². The topological polar surface area (TPSA) is 38.7 Å². The maximum Gasteiger partial charge on any atom is 0.143 e. The molecule has 3 heterocycles. The normalized spacial score (nSPS) is 10.7. The van der Waals surface area contributed by atoms with Crippen LogP contribution in [-0.4, -0.2) is 15.0 Å². The smallest absolute Gasteiger partial charge is 0.143 e. The molecule has 0 fully saturated rings. The Kier molecular flexibility index (Phi) is 2.32. The molecule has 3 rings (SSSR count). The molecular formula is C9H5N3S3. The van der Waals surface area contributed by atoms with E-state index in [0.29, 0.717) is 0 Å². The molecule has 0 bridgehead atoms. The molecule has 0 aliphatic heterocycles. The van der Waals surface area contributed by atoms with Crippen molar-refractivity contribution >= 4 is 34.0 Å². The van der Waals surface area contributed by atoms with E-state index >= 15 is 0 Å². The first-order valence-electron chi connectivity index (χ1n) is 4.17. The summed E-state index contributed by atoms with van der Waals surface area (Å²) in [6, 6.07) is 0. The largest absolute Gasteiger partial charge is 0.243 e. The van der Waals surface area contributed by atoms with Gasteiger partial charge in [-0.3, -0.25) is 0 Å². The van der Waals surface area contributed by atoms with Gasteiger partial charge in [-0.05, 0) is 0 Å². The Morgan fingerprint density at radius 1 is 0.933 bits per heavy atom. The molecule has 15 heavy (non-hydrogen) atoms. The lowest BCUT2D eigenvalue weighted by Gasteiger charge is -1.87. The van der Waals surface area contributed by atoms with E-state index in [9.17, 15) is 0 Å². The third-order valence-corrected chi connectivity index (χ3v) is 4.05. The van der Waals surface area contributed by atoms with Gasteiger partial charge in [-0.2, -0.15) is 0 Å². The predicted octanol–water partition coefficient (Wildman–Crippen LogP) is 3.39. The molecule has 0 spiro atoms. The second kappa shape index (κ2) is 3.80. The minimum Gasteiger partial charge on any atom is -0.243 e. The first-order valence-corrected chi connectivity index (χ1v) is 6.87. The van der Waals surface area contributed by atoms with Gasteiger partial charge in [-0.1, -0.05) is 0 Å². The van der Waals surface area contributed by atoms with Crippen LogP contribution < -0.4 is 0 Å². The van der Waals surface area contributed by atoms with E-state index in [1.165, 1.54) is 0 Å². The van der Waals surface area contributed by atoms with Crippen LogP contribution in [0.3, 0.4) is 0 Å². The summed E-state index contributed by atoms with van der Waals surface area (Å²) in [6.45, 7) is 0. The second-order valence-electron chi connectivity index (χ2n) is 2.75. The number of hydrogen-bond acceptors (Lipinski definition) is 6. The Hall–Kier alpha value is -1.11. The van der Waals surface area contributed by atoms with E-state index < -0.39 is 0 Å². The maximum absolute atomic E-state index is 4.51. The van der Waals surface area contributed by atoms with Gasteiger partial charge in [-0.25, -0.2) is 15.0 Å². The lowest BCUT2D eigenvalue weighted by atomic mass is 10.5. The maximum atomic E-state index is 4.51. The van der Waals surface area contributed by atoms with Crippen molar-refractivity contribution in [1.82, 2.24) is 15.0 Å². The molecule has 0 saturated heterocycles. The van der Waals surface area contributed by atoms with Crippen LogP contribution in [0.25, 0.3) is 21.4 Å². The van der Waals surface area contributed by atoms with Gasteiger partial charge in [0.05, 0.1) is 5.51 Å². The van der Waals surface area contributed by atoms with Gasteiger partial charge in [0.2, 0.25) is 0 Å². The molecule has 0 saturated carbocycles. The molecule has 0 aliphatic carbocycles. The summed E-state index contributed by atoms with van der Waals surface area (Å²) < 4.78 is 0. The van der Waals surface area contributed by atoms with Gasteiger partial charge in [0, 0.05) is 22.3 Å². The van der Waals surface area contributed by atoms with E-state index in [1.807, 2.05) is 21.7 Å². The van der Waals surface area contributed by atoms with Crippen LogP contribution in [0.15, 0.2) is 27.8 Å². The fraction of sp³-hybridized carbons (Fsp3) is 0. The van der Waals surface area contributed by atoms with Crippen molar-refractivity contribution in [2.45, 2.75) is 0 Å². The molecule has 0 amide bonds. The summed E-state index contributed by atoms with van der Waals surface area (Å²) >= 11 is 4.79. The van der Waals surface area contributed by atoms with Crippen LogP contribution in [0.4, 0.5) is 0 Å². The summed E-state index contributed by atoms with van der Waals surface area (Å²) in [5.74, 6) is 0. The van der Waals surface area contributed by atoms with Crippen molar-refractivity contribution in [2.24, 2.45) is 0 Å². The lowest BCUT2D eigenvalue weighted by Crippen LogP contribution is -1.77. The Morgan fingerprint density at radius 2 is 1.93 bits per heavy atom. The SMILES string of the molecule is c1csc(-c2csc(-c3cscn3)n2)n1. The highest BCUT2D eigenvalue weighted by Gasteiger charge is 2.09. The molecule has 0 N–H and O–H groups in total. The summed E-state index contributed by atoms with van der Waals surface area (Å²) in [5, 5.41) is 7.91. The van der Waals surface area contributed by atoms with Gasteiger partial charge in [0.15, 0.2) is 0 Å². The summed E-state index contributed by atoms with van der Waals surface area (Å²) in [6.07, 6.45) is 1.79. The molecule has 0 atom stereocenters. The standard InChI is InChI=1S/C9H5N3S3/c1-2-14-8(10-1)7-4-15-9(12-7)6-3-13-5-11-6/h1-5H. The first kappa shape index (κ1) is 9.14. The molecule has 3 nitrogen and oxygen atoms in total. The van der Waals surface area contributed by atoms with Crippen LogP contribution >= 0.6 is 34.0 Å². The quantitative estimate of drug-likeness (QED) is 0.700. The second-order valence-corrected chi connectivity index (χ2v) is 5.22. The highest BCUT2D eigenvalue weighted by atomic mass is 32.1. The van der Waals surface area contributed by atoms with Crippen molar-refractivity contribution in [3.8, 4) is 21.4 Å². The molecular weight excluding hydrogens is 246 g/mol. The molecule has 3 aromatic heterocycles. The van der Waals surface area contributed by atoms with Gasteiger partial charge in [-0.15, -0.1) is 34.0 Å². The molecule has 0 radical (unpaired) electrons. The molecule has 3 aromatic rings. The number of aromatic nitrogens is 3. The zero-order valence-electron chi connectivity index (χ0n) is 7.45. The number of thiazole rings is 3. The lowest BCUT2D eigenvalue weighted by molar-refractivity contribution is 1.32. The average Bonchev–Trinajstić information content (AvgIpc) is 3.02. The Balaban J connectivity index is 2.02. The highest BCUT2D eigenvalue weighted by molar-refractivity contribution is 7.15. The Bertz CT molecular complexity index is 490. The summed E-state index contributed by atoms with van der Waals surface area (Å²) in [4.78, 5) is 13.0. The summed E-state index contributed by atoms with van der Waals surface area (Å²) in [7, 11) is 0. The van der Waals surface area contributed by atoms with Crippen LogP contribution in [0.2, 0.25) is 0 Å². The van der Waals surface area contributed by atoms with Gasteiger partial charge in [0.1, 0.15) is 21.4 Å². The minimum atomic E-state index is 0.943. The first-order chi connectivity index (χ1) is 7.43. The third-order valence-electron chi connectivity index (χ3n) is 1.81. The Morgan fingerprint density at radius 3 is 2.67 bits per heavy atom. The summed E-state index contributed by atoms with van der Waals surface area (Å²) in [5.41, 5.74) is 3.71. The van der Waals surface area contributed by atoms with Crippen LogP contribution in [0.1, 0.15) is 0 Å². The fourth-order valence-corrected chi connectivity index (χ4v) is 3.21. The zero-order valence-corrected chi connectivity index (χ0v) is 9.90. The molecule has 0 unspecified atom stereocenters. The molecule has 74 valence electrons. The highest BCUT2D eigenvalue weighted by Crippen LogP contribution is 2.29. The number of nitrogens with zero attached hydrogens (tertiary/aromatic N) is 3. The zero-order chi connectivity index (χ0) is 10.1. The van der Waals surface area contributed by atoms with Gasteiger partial charge < -0.3 is 0 Å². The van der Waals surface area contributed by atoms with E-state index in [0.717, 1.165) is 21.4 Å². The van der Waals surface area contributed by atoms with Gasteiger partial charge in [0.25, 0.3) is 0 Å². The monoisotopic (exact) mass is 251 g/mol. The fourth-order valence-electron chi connectivity index (χ4n) is 1.16. The molecule has 0 aliphatic rings. The van der Waals surface area contributed by atoms with Crippen molar-refractivity contribution in [2.75, 3.05) is 0 Å². The van der Waals surface area contributed by atoms with Crippen molar-refractivity contribution < 1.29 is 0 Å². The van der Waals surface area contributed by atoms with Crippen LogP contribution in [-0.2, 0) is 0 Å². The molecule has 0 aromatic carbocycles. The minimum absolute atomic E-state index is 0.943. The van der Waals surface area contributed by atoms with E-state index in [-0.39, 0.29) is 0 Å². The average molecular weight is 251 g/mol. The van der Waals surface area contributed by atoms with Crippen LogP contribution in [0, 0.1) is 0 Å². The van der Waals surface area contributed by atoms with Crippen molar-refractivity contribution in [1.29, 1.82) is 0 Å². The van der Waals surface area contributed by atoms with E-state index in [4.69, 9.17) is 0 Å². The number of rotatable bonds is 2.